The molecule has 0 bridgehead atoms. The van der Waals surface area contributed by atoms with E-state index in [-0.39, 0.29) is 24.4 Å². The van der Waals surface area contributed by atoms with Gasteiger partial charge in [-0.05, 0) is 61.4 Å². The highest BCUT2D eigenvalue weighted by Crippen LogP contribution is 2.24. The van der Waals surface area contributed by atoms with Crippen molar-refractivity contribution in [1.82, 2.24) is 29.7 Å². The standard InChI is InChI=1S/C31H27N7O2/c39-30(22-38-29-9-5-4-8-28(29)34-35-38)33-26-20-32-37(21-26)27-16-18-36(19-17-27)31(40)25-14-12-24(13-15-25)11-10-23-6-2-1-3-7-23/h1-9,12-15,20-21,27H,16-19,22H2,(H,33,39). The van der Waals surface area contributed by atoms with Crippen LogP contribution in [0.5, 0.6) is 0 Å². The number of nitrogens with zero attached hydrogens (tertiary/aromatic N) is 6. The van der Waals surface area contributed by atoms with Crippen molar-refractivity contribution in [2.75, 3.05) is 18.4 Å². The Morgan fingerprint density at radius 3 is 2.35 bits per heavy atom. The molecule has 1 N–H and O–H groups in total. The predicted octanol–water partition coefficient (Wildman–Crippen LogP) is 4.14. The third kappa shape index (κ3) is 5.61. The predicted molar refractivity (Wildman–Crippen MR) is 151 cm³/mol. The Labute approximate surface area is 231 Å². The minimum Gasteiger partial charge on any atom is -0.338 e. The van der Waals surface area contributed by atoms with Gasteiger partial charge < -0.3 is 10.2 Å². The molecule has 9 nitrogen and oxygen atoms in total. The average molecular weight is 530 g/mol. The average Bonchev–Trinajstić information content (AvgIpc) is 3.64. The number of likely N-dealkylation sites (tertiary alicyclic amines) is 1. The molecule has 0 radical (unpaired) electrons. The normalized spacial score (nSPS) is 13.6. The van der Waals surface area contributed by atoms with Gasteiger partial charge in [-0.2, -0.15) is 5.10 Å². The van der Waals surface area contributed by atoms with Crippen LogP contribution in [0.3, 0.4) is 0 Å². The number of piperidine rings is 1. The highest BCUT2D eigenvalue weighted by molar-refractivity contribution is 5.94. The molecule has 5 aromatic rings. The number of hydrogen-bond donors (Lipinski definition) is 1. The molecular formula is C31H27N7O2. The summed E-state index contributed by atoms with van der Waals surface area (Å²) in [6.07, 6.45) is 5.06. The Morgan fingerprint density at radius 1 is 0.875 bits per heavy atom. The molecule has 1 fully saturated rings. The second-order valence-electron chi connectivity index (χ2n) is 9.71. The third-order valence-electron chi connectivity index (χ3n) is 6.98. The van der Waals surface area contributed by atoms with E-state index in [1.165, 1.54) is 0 Å². The summed E-state index contributed by atoms with van der Waals surface area (Å²) in [5, 5.41) is 15.5. The lowest BCUT2D eigenvalue weighted by atomic mass is 10.0. The minimum absolute atomic E-state index is 0.0232. The highest BCUT2D eigenvalue weighted by Gasteiger charge is 2.25. The Kier molecular flexibility index (Phi) is 7.05. The van der Waals surface area contributed by atoms with E-state index in [2.05, 4.69) is 32.6 Å². The van der Waals surface area contributed by atoms with Crippen molar-refractivity contribution in [3.05, 3.63) is 108 Å². The number of fused-ring (bicyclic) bond motifs is 1. The van der Waals surface area contributed by atoms with Gasteiger partial charge in [-0.15, -0.1) is 5.10 Å². The number of rotatable bonds is 5. The van der Waals surface area contributed by atoms with Crippen LogP contribution >= 0.6 is 0 Å². The Balaban J connectivity index is 1.01. The van der Waals surface area contributed by atoms with Crippen LogP contribution in [0.4, 0.5) is 5.69 Å². The number of anilines is 1. The van der Waals surface area contributed by atoms with Gasteiger partial charge in [-0.1, -0.05) is 47.4 Å². The summed E-state index contributed by atoms with van der Waals surface area (Å²) in [4.78, 5) is 27.6. The topological polar surface area (TPSA) is 97.9 Å². The lowest BCUT2D eigenvalue weighted by molar-refractivity contribution is -0.116. The Bertz CT molecular complexity index is 1700. The van der Waals surface area contributed by atoms with Crippen molar-refractivity contribution >= 4 is 28.5 Å². The maximum atomic E-state index is 13.1. The molecule has 3 heterocycles. The summed E-state index contributed by atoms with van der Waals surface area (Å²) >= 11 is 0. The molecule has 0 saturated carbocycles. The molecular weight excluding hydrogens is 502 g/mol. The summed E-state index contributed by atoms with van der Waals surface area (Å²) in [6.45, 7) is 1.34. The van der Waals surface area contributed by atoms with Gasteiger partial charge in [-0.25, -0.2) is 4.68 Å². The molecule has 6 rings (SSSR count). The molecule has 2 aromatic heterocycles. The number of para-hydroxylation sites is 1. The van der Waals surface area contributed by atoms with Gasteiger partial charge in [0.1, 0.15) is 12.1 Å². The number of amides is 2. The number of hydrogen-bond acceptors (Lipinski definition) is 5. The van der Waals surface area contributed by atoms with Crippen LogP contribution in [-0.2, 0) is 11.3 Å². The zero-order valence-electron chi connectivity index (χ0n) is 21.8. The first kappa shape index (κ1) is 25.1. The minimum atomic E-state index is -0.201. The molecule has 0 atom stereocenters. The number of nitrogens with one attached hydrogen (secondary N) is 1. The first-order valence-corrected chi connectivity index (χ1v) is 13.2. The van der Waals surface area contributed by atoms with Crippen molar-refractivity contribution in [1.29, 1.82) is 0 Å². The van der Waals surface area contributed by atoms with Gasteiger partial charge in [0.05, 0.1) is 23.4 Å². The van der Waals surface area contributed by atoms with E-state index in [0.717, 1.165) is 35.0 Å². The van der Waals surface area contributed by atoms with Crippen LogP contribution in [0, 0.1) is 11.8 Å². The van der Waals surface area contributed by atoms with Gasteiger partial charge >= 0.3 is 0 Å². The van der Waals surface area contributed by atoms with Gasteiger partial charge in [0.25, 0.3) is 5.91 Å². The molecule has 0 spiro atoms. The lowest BCUT2D eigenvalue weighted by Crippen LogP contribution is -2.39. The van der Waals surface area contributed by atoms with E-state index in [1.807, 2.05) is 94.6 Å². The fourth-order valence-corrected chi connectivity index (χ4v) is 4.85. The van der Waals surface area contributed by atoms with Gasteiger partial charge in [0.2, 0.25) is 5.91 Å². The zero-order valence-corrected chi connectivity index (χ0v) is 21.8. The Morgan fingerprint density at radius 2 is 1.57 bits per heavy atom. The molecule has 3 aromatic carbocycles. The Hall–Kier alpha value is -5.23. The van der Waals surface area contributed by atoms with Crippen molar-refractivity contribution in [2.45, 2.75) is 25.4 Å². The first-order valence-electron chi connectivity index (χ1n) is 13.2. The fraction of sp³-hybridized carbons (Fsp3) is 0.194. The van der Waals surface area contributed by atoms with Crippen LogP contribution in [-0.4, -0.2) is 54.6 Å². The summed E-state index contributed by atoms with van der Waals surface area (Å²) < 4.78 is 3.45. The molecule has 1 aliphatic heterocycles. The number of carbonyl (C=O) groups is 2. The molecule has 1 aliphatic rings. The van der Waals surface area contributed by atoms with Crippen LogP contribution < -0.4 is 5.32 Å². The summed E-state index contributed by atoms with van der Waals surface area (Å²) in [5.74, 6) is 6.10. The quantitative estimate of drug-likeness (QED) is 0.345. The van der Waals surface area contributed by atoms with Crippen molar-refractivity contribution < 1.29 is 9.59 Å². The zero-order chi connectivity index (χ0) is 27.3. The lowest BCUT2D eigenvalue weighted by Gasteiger charge is -2.32. The molecule has 198 valence electrons. The van der Waals surface area contributed by atoms with Crippen LogP contribution in [0.2, 0.25) is 0 Å². The van der Waals surface area contributed by atoms with E-state index in [1.54, 1.807) is 10.9 Å². The third-order valence-corrected chi connectivity index (χ3v) is 6.98. The van der Waals surface area contributed by atoms with Crippen molar-refractivity contribution in [3.63, 3.8) is 0 Å². The smallest absolute Gasteiger partial charge is 0.253 e. The van der Waals surface area contributed by atoms with Crippen molar-refractivity contribution in [2.24, 2.45) is 0 Å². The van der Waals surface area contributed by atoms with E-state index >= 15 is 0 Å². The van der Waals surface area contributed by atoms with Gasteiger partial charge in [0, 0.05) is 36.0 Å². The number of benzene rings is 3. The second-order valence-corrected chi connectivity index (χ2v) is 9.71. The summed E-state index contributed by atoms with van der Waals surface area (Å²) in [7, 11) is 0. The molecule has 0 unspecified atom stereocenters. The van der Waals surface area contributed by atoms with E-state index in [4.69, 9.17) is 0 Å². The van der Waals surface area contributed by atoms with Crippen LogP contribution in [0.15, 0.2) is 91.3 Å². The SMILES string of the molecule is O=C(Cn1nnc2ccccc21)Nc1cnn(C2CCN(C(=O)c3ccc(C#Cc4ccccc4)cc3)CC2)c1. The fourth-order valence-electron chi connectivity index (χ4n) is 4.85. The summed E-state index contributed by atoms with van der Waals surface area (Å²) in [6, 6.07) is 25.0. The highest BCUT2D eigenvalue weighted by atomic mass is 16.2. The summed E-state index contributed by atoms with van der Waals surface area (Å²) in [5.41, 5.74) is 4.67. The van der Waals surface area contributed by atoms with Crippen LogP contribution in [0.1, 0.15) is 40.4 Å². The first-order chi connectivity index (χ1) is 19.6. The van der Waals surface area contributed by atoms with E-state index < -0.39 is 0 Å². The maximum absolute atomic E-state index is 13.1. The van der Waals surface area contributed by atoms with Gasteiger partial charge in [-0.3, -0.25) is 14.3 Å². The molecule has 1 saturated heterocycles. The largest absolute Gasteiger partial charge is 0.338 e. The van der Waals surface area contributed by atoms with E-state index in [0.29, 0.717) is 24.3 Å². The maximum Gasteiger partial charge on any atom is 0.253 e. The van der Waals surface area contributed by atoms with Gasteiger partial charge in [0.15, 0.2) is 0 Å². The second kappa shape index (κ2) is 11.3. The van der Waals surface area contributed by atoms with E-state index in [9.17, 15) is 9.59 Å². The van der Waals surface area contributed by atoms with Crippen molar-refractivity contribution in [3.8, 4) is 11.8 Å². The molecule has 0 aliphatic carbocycles. The van der Waals surface area contributed by atoms with Crippen LogP contribution in [0.25, 0.3) is 11.0 Å². The monoisotopic (exact) mass is 529 g/mol. The molecule has 9 heteroatoms. The molecule has 2 amide bonds. The number of carbonyl (C=O) groups excluding carboxylic acids is 2. The molecule has 40 heavy (non-hydrogen) atoms. The number of aromatic nitrogens is 5.